The Morgan fingerprint density at radius 2 is 2.07 bits per heavy atom. The summed E-state index contributed by atoms with van der Waals surface area (Å²) in [7, 11) is 0. The predicted molar refractivity (Wildman–Crippen MR) is 116 cm³/mol. The summed E-state index contributed by atoms with van der Waals surface area (Å²) in [5, 5.41) is 7.91. The van der Waals surface area contributed by atoms with Gasteiger partial charge in [0.15, 0.2) is 0 Å². The molecule has 0 bridgehead atoms. The summed E-state index contributed by atoms with van der Waals surface area (Å²) in [4.78, 5) is 25.1. The molecule has 0 spiro atoms. The molecular formula is C21H25N5O2S. The highest BCUT2D eigenvalue weighted by molar-refractivity contribution is 7.98. The Morgan fingerprint density at radius 3 is 2.86 bits per heavy atom. The second kappa shape index (κ2) is 8.82. The largest absolute Gasteiger partial charge is 0.356 e. The molecule has 7 nitrogen and oxygen atoms in total. The Bertz CT molecular complexity index is 1010. The maximum atomic E-state index is 12.4. The third-order valence-electron chi connectivity index (χ3n) is 5.12. The second-order valence-corrected chi connectivity index (χ2v) is 8.12. The molecule has 0 saturated carbocycles. The number of nitrogens with zero attached hydrogens (tertiary/aromatic N) is 4. The molecule has 0 aliphatic carbocycles. The average molecular weight is 412 g/mol. The van der Waals surface area contributed by atoms with Crippen molar-refractivity contribution in [2.45, 2.75) is 43.9 Å². The number of hydrogen-bond donors (Lipinski definition) is 1. The molecule has 3 aromatic rings. The normalized spacial score (nSPS) is 14.3. The van der Waals surface area contributed by atoms with Crippen molar-refractivity contribution in [2.75, 3.05) is 29.6 Å². The SMILES string of the molecule is CSc1cccc(NC(=O)CCc2nc(N3CCCCC3)c3c(C)noc3n2)c1. The summed E-state index contributed by atoms with van der Waals surface area (Å²) in [5.41, 5.74) is 2.11. The molecule has 1 aliphatic heterocycles. The number of aromatic nitrogens is 3. The highest BCUT2D eigenvalue weighted by Gasteiger charge is 2.21. The minimum atomic E-state index is -0.0553. The van der Waals surface area contributed by atoms with Gasteiger partial charge in [0.05, 0.1) is 5.69 Å². The molecule has 152 valence electrons. The Morgan fingerprint density at radius 1 is 1.24 bits per heavy atom. The zero-order valence-electron chi connectivity index (χ0n) is 16.8. The molecule has 1 saturated heterocycles. The van der Waals surface area contributed by atoms with Crippen LogP contribution in [0.2, 0.25) is 0 Å². The van der Waals surface area contributed by atoms with Crippen molar-refractivity contribution in [3.63, 3.8) is 0 Å². The molecule has 29 heavy (non-hydrogen) atoms. The number of hydrogen-bond acceptors (Lipinski definition) is 7. The van der Waals surface area contributed by atoms with Crippen LogP contribution in [0.15, 0.2) is 33.7 Å². The van der Waals surface area contributed by atoms with Crippen LogP contribution in [-0.4, -0.2) is 40.4 Å². The molecule has 0 unspecified atom stereocenters. The number of anilines is 2. The van der Waals surface area contributed by atoms with E-state index in [0.29, 0.717) is 24.4 Å². The van der Waals surface area contributed by atoms with Crippen molar-refractivity contribution in [1.29, 1.82) is 0 Å². The number of carbonyl (C=O) groups excluding carboxylic acids is 1. The number of benzene rings is 1. The maximum absolute atomic E-state index is 12.4. The summed E-state index contributed by atoms with van der Waals surface area (Å²) >= 11 is 1.65. The van der Waals surface area contributed by atoms with Gasteiger partial charge < -0.3 is 14.7 Å². The molecule has 1 aromatic carbocycles. The Labute approximate surface area is 174 Å². The lowest BCUT2D eigenvalue weighted by Gasteiger charge is -2.28. The lowest BCUT2D eigenvalue weighted by molar-refractivity contribution is -0.116. The topological polar surface area (TPSA) is 84.2 Å². The fourth-order valence-electron chi connectivity index (χ4n) is 3.61. The van der Waals surface area contributed by atoms with Gasteiger partial charge in [0, 0.05) is 36.5 Å². The third kappa shape index (κ3) is 4.53. The van der Waals surface area contributed by atoms with Gasteiger partial charge in [0.25, 0.3) is 5.71 Å². The van der Waals surface area contributed by atoms with Gasteiger partial charge in [-0.2, -0.15) is 4.98 Å². The molecule has 0 atom stereocenters. The van der Waals surface area contributed by atoms with E-state index in [-0.39, 0.29) is 5.91 Å². The smallest absolute Gasteiger partial charge is 0.263 e. The van der Waals surface area contributed by atoms with Crippen molar-refractivity contribution in [2.24, 2.45) is 0 Å². The first-order chi connectivity index (χ1) is 14.1. The fraction of sp³-hybridized carbons (Fsp3) is 0.429. The third-order valence-corrected chi connectivity index (χ3v) is 5.84. The molecule has 3 heterocycles. The summed E-state index contributed by atoms with van der Waals surface area (Å²) < 4.78 is 5.42. The zero-order chi connectivity index (χ0) is 20.2. The predicted octanol–water partition coefficient (Wildman–Crippen LogP) is 4.21. The number of thioether (sulfide) groups is 1. The lowest BCUT2D eigenvalue weighted by Crippen LogP contribution is -2.30. The molecule has 8 heteroatoms. The zero-order valence-corrected chi connectivity index (χ0v) is 17.6. The van der Waals surface area contributed by atoms with Crippen molar-refractivity contribution < 1.29 is 9.32 Å². The number of nitrogens with one attached hydrogen (secondary N) is 1. The number of fused-ring (bicyclic) bond motifs is 1. The van der Waals surface area contributed by atoms with Crippen LogP contribution in [0.5, 0.6) is 0 Å². The van der Waals surface area contributed by atoms with Gasteiger partial charge >= 0.3 is 0 Å². The Balaban J connectivity index is 1.49. The minimum Gasteiger partial charge on any atom is -0.356 e. The summed E-state index contributed by atoms with van der Waals surface area (Å²) in [6.07, 6.45) is 6.33. The van der Waals surface area contributed by atoms with Crippen molar-refractivity contribution in [3.05, 3.63) is 35.8 Å². The quantitative estimate of drug-likeness (QED) is 0.608. The van der Waals surface area contributed by atoms with E-state index in [4.69, 9.17) is 9.51 Å². The molecule has 4 rings (SSSR count). The van der Waals surface area contributed by atoms with Crippen molar-refractivity contribution in [1.82, 2.24) is 15.1 Å². The molecule has 1 N–H and O–H groups in total. The van der Waals surface area contributed by atoms with Crippen molar-refractivity contribution in [3.8, 4) is 0 Å². The van der Waals surface area contributed by atoms with E-state index < -0.39 is 0 Å². The molecule has 2 aromatic heterocycles. The fourth-order valence-corrected chi connectivity index (χ4v) is 4.07. The van der Waals surface area contributed by atoms with Crippen LogP contribution in [0, 0.1) is 6.92 Å². The van der Waals surface area contributed by atoms with E-state index in [1.807, 2.05) is 37.4 Å². The minimum absolute atomic E-state index is 0.0553. The van der Waals surface area contributed by atoms with E-state index in [1.54, 1.807) is 11.8 Å². The number of aryl methyl sites for hydroxylation is 2. The van der Waals surface area contributed by atoms with Gasteiger partial charge in [-0.15, -0.1) is 11.8 Å². The number of carbonyl (C=O) groups is 1. The van der Waals surface area contributed by atoms with Crippen LogP contribution >= 0.6 is 11.8 Å². The van der Waals surface area contributed by atoms with Gasteiger partial charge in [-0.1, -0.05) is 11.2 Å². The number of piperidine rings is 1. The first kappa shape index (κ1) is 19.7. The Hall–Kier alpha value is -2.61. The van der Waals surface area contributed by atoms with E-state index in [1.165, 1.54) is 6.42 Å². The van der Waals surface area contributed by atoms with Gasteiger partial charge in [0.2, 0.25) is 5.91 Å². The molecule has 1 amide bonds. The second-order valence-electron chi connectivity index (χ2n) is 7.24. The molecule has 1 aliphatic rings. The van der Waals surface area contributed by atoms with Crippen LogP contribution in [0.3, 0.4) is 0 Å². The van der Waals surface area contributed by atoms with Gasteiger partial charge in [-0.25, -0.2) is 4.98 Å². The molecule has 0 radical (unpaired) electrons. The van der Waals surface area contributed by atoms with Crippen LogP contribution in [0.25, 0.3) is 11.1 Å². The maximum Gasteiger partial charge on any atom is 0.263 e. The van der Waals surface area contributed by atoms with Crippen LogP contribution in [-0.2, 0) is 11.2 Å². The van der Waals surface area contributed by atoms with Gasteiger partial charge in [-0.05, 0) is 50.6 Å². The monoisotopic (exact) mass is 411 g/mol. The highest BCUT2D eigenvalue weighted by Crippen LogP contribution is 2.29. The number of rotatable bonds is 6. The molecular weight excluding hydrogens is 386 g/mol. The highest BCUT2D eigenvalue weighted by atomic mass is 32.2. The number of amides is 1. The van der Waals surface area contributed by atoms with Gasteiger partial charge in [-0.3, -0.25) is 4.79 Å². The van der Waals surface area contributed by atoms with Crippen LogP contribution < -0.4 is 10.2 Å². The van der Waals surface area contributed by atoms with Crippen molar-refractivity contribution >= 4 is 40.3 Å². The first-order valence-electron chi connectivity index (χ1n) is 9.96. The standard InChI is InChI=1S/C21H25N5O2S/c1-14-19-20(26-11-4-3-5-12-26)23-17(24-21(19)28-25-14)9-10-18(27)22-15-7-6-8-16(13-15)29-2/h6-8,13H,3-5,9-12H2,1-2H3,(H,22,27). The van der Waals surface area contributed by atoms with E-state index in [0.717, 1.165) is 53.4 Å². The summed E-state index contributed by atoms with van der Waals surface area (Å²) in [6, 6.07) is 7.82. The van der Waals surface area contributed by atoms with Gasteiger partial charge in [0.1, 0.15) is 17.0 Å². The summed E-state index contributed by atoms with van der Waals surface area (Å²) in [6.45, 7) is 3.86. The van der Waals surface area contributed by atoms with Crippen LogP contribution in [0.1, 0.15) is 37.2 Å². The first-order valence-corrected chi connectivity index (χ1v) is 11.2. The van der Waals surface area contributed by atoms with E-state index >= 15 is 0 Å². The Kier molecular flexibility index (Phi) is 5.99. The van der Waals surface area contributed by atoms with E-state index in [2.05, 4.69) is 20.4 Å². The lowest BCUT2D eigenvalue weighted by atomic mass is 10.1. The van der Waals surface area contributed by atoms with Crippen LogP contribution in [0.4, 0.5) is 11.5 Å². The van der Waals surface area contributed by atoms with E-state index in [9.17, 15) is 4.79 Å². The average Bonchev–Trinajstić information content (AvgIpc) is 3.13. The summed E-state index contributed by atoms with van der Waals surface area (Å²) in [5.74, 6) is 1.44. The molecule has 1 fully saturated rings.